The Kier molecular flexibility index (Phi) is 3.13. The van der Waals surface area contributed by atoms with Gasteiger partial charge in [0.1, 0.15) is 6.67 Å². The minimum atomic E-state index is 0.604. The minimum absolute atomic E-state index is 0.604. The highest BCUT2D eigenvalue weighted by Gasteiger charge is 2.32. The molecule has 6 rings (SSSR count). The van der Waals surface area contributed by atoms with E-state index in [1.54, 1.807) is 18.6 Å². The highest BCUT2D eigenvalue weighted by Crippen LogP contribution is 2.44. The van der Waals surface area contributed by atoms with Crippen molar-refractivity contribution in [2.45, 2.75) is 0 Å². The Morgan fingerprint density at radius 1 is 0.679 bits per heavy atom. The standard InChI is InChI=1S/C22H15N5O/c1-2-6-15(7-3-1)26-14-27(21-20(26)23-12-13-24-21)18-10-4-8-16-17-9-5-11-25-22(17)28-19(16)18/h1-13H,14H2. The predicted octanol–water partition coefficient (Wildman–Crippen LogP) is 5.02. The second-order valence-corrected chi connectivity index (χ2v) is 6.65. The number of para-hydroxylation sites is 2. The van der Waals surface area contributed by atoms with Crippen LogP contribution in [0.15, 0.2) is 83.7 Å². The number of nitrogens with zero attached hydrogens (tertiary/aromatic N) is 5. The Hall–Kier alpha value is -3.93. The number of benzene rings is 2. The van der Waals surface area contributed by atoms with E-state index in [2.05, 4.69) is 49.0 Å². The quantitative estimate of drug-likeness (QED) is 0.438. The third kappa shape index (κ3) is 2.11. The van der Waals surface area contributed by atoms with Crippen molar-refractivity contribution in [3.05, 3.63) is 79.3 Å². The van der Waals surface area contributed by atoms with Crippen LogP contribution in [0.25, 0.3) is 22.1 Å². The molecule has 0 unspecified atom stereocenters. The number of rotatable bonds is 2. The van der Waals surface area contributed by atoms with E-state index in [9.17, 15) is 0 Å². The molecular formula is C22H15N5O. The van der Waals surface area contributed by atoms with Crippen LogP contribution in [0.4, 0.5) is 23.0 Å². The SMILES string of the molecule is c1ccc(N2CN(c3cccc4c3oc3ncccc34)c3nccnc32)cc1. The van der Waals surface area contributed by atoms with E-state index in [1.807, 2.05) is 36.4 Å². The van der Waals surface area contributed by atoms with E-state index in [1.165, 1.54) is 0 Å². The molecule has 1 aliphatic rings. The van der Waals surface area contributed by atoms with Crippen LogP contribution in [-0.2, 0) is 0 Å². The first-order valence-electron chi connectivity index (χ1n) is 9.07. The third-order valence-electron chi connectivity index (χ3n) is 5.07. The van der Waals surface area contributed by atoms with Crippen molar-refractivity contribution < 1.29 is 4.42 Å². The van der Waals surface area contributed by atoms with Gasteiger partial charge in [0.2, 0.25) is 5.71 Å². The molecule has 1 aliphatic heterocycles. The second-order valence-electron chi connectivity index (χ2n) is 6.65. The van der Waals surface area contributed by atoms with Crippen LogP contribution >= 0.6 is 0 Å². The fourth-order valence-corrected chi connectivity index (χ4v) is 3.81. The zero-order chi connectivity index (χ0) is 18.5. The van der Waals surface area contributed by atoms with Crippen molar-refractivity contribution in [3.63, 3.8) is 0 Å². The van der Waals surface area contributed by atoms with Gasteiger partial charge in [-0.25, -0.2) is 15.0 Å². The van der Waals surface area contributed by atoms with Gasteiger partial charge in [0, 0.05) is 35.1 Å². The van der Waals surface area contributed by atoms with Gasteiger partial charge in [-0.1, -0.05) is 30.3 Å². The molecule has 0 atom stereocenters. The summed E-state index contributed by atoms with van der Waals surface area (Å²) >= 11 is 0. The summed E-state index contributed by atoms with van der Waals surface area (Å²) in [7, 11) is 0. The predicted molar refractivity (Wildman–Crippen MR) is 109 cm³/mol. The van der Waals surface area contributed by atoms with Crippen LogP contribution in [0.2, 0.25) is 0 Å². The summed E-state index contributed by atoms with van der Waals surface area (Å²) in [5, 5.41) is 2.06. The molecule has 0 saturated heterocycles. The number of hydrogen-bond donors (Lipinski definition) is 0. The highest BCUT2D eigenvalue weighted by molar-refractivity contribution is 6.08. The molecule has 6 nitrogen and oxygen atoms in total. The molecular weight excluding hydrogens is 350 g/mol. The topological polar surface area (TPSA) is 58.3 Å². The van der Waals surface area contributed by atoms with Gasteiger partial charge in [-0.05, 0) is 30.3 Å². The average Bonchev–Trinajstić information content (AvgIpc) is 3.33. The zero-order valence-electron chi connectivity index (χ0n) is 14.9. The van der Waals surface area contributed by atoms with Crippen LogP contribution in [0.1, 0.15) is 0 Å². The smallest absolute Gasteiger partial charge is 0.227 e. The molecule has 0 amide bonds. The third-order valence-corrected chi connectivity index (χ3v) is 5.07. The van der Waals surface area contributed by atoms with E-state index >= 15 is 0 Å². The van der Waals surface area contributed by atoms with E-state index in [-0.39, 0.29) is 0 Å². The number of aromatic nitrogens is 3. The zero-order valence-corrected chi connectivity index (χ0v) is 14.9. The Bertz CT molecular complexity index is 1310. The Morgan fingerprint density at radius 3 is 2.32 bits per heavy atom. The molecule has 0 radical (unpaired) electrons. The van der Waals surface area contributed by atoms with Gasteiger partial charge in [0.15, 0.2) is 17.2 Å². The molecule has 0 saturated carbocycles. The lowest BCUT2D eigenvalue weighted by Gasteiger charge is -2.20. The summed E-state index contributed by atoms with van der Waals surface area (Å²) in [5.41, 5.74) is 3.48. The maximum Gasteiger partial charge on any atom is 0.227 e. The van der Waals surface area contributed by atoms with Gasteiger partial charge >= 0.3 is 0 Å². The molecule has 0 N–H and O–H groups in total. The maximum atomic E-state index is 6.13. The Morgan fingerprint density at radius 2 is 1.46 bits per heavy atom. The first-order chi connectivity index (χ1) is 13.9. The van der Waals surface area contributed by atoms with E-state index in [0.29, 0.717) is 12.4 Å². The van der Waals surface area contributed by atoms with Crippen molar-refractivity contribution >= 4 is 45.1 Å². The lowest BCUT2D eigenvalue weighted by molar-refractivity contribution is 0.653. The molecule has 134 valence electrons. The number of fused-ring (bicyclic) bond motifs is 4. The van der Waals surface area contributed by atoms with Gasteiger partial charge in [-0.3, -0.25) is 0 Å². The van der Waals surface area contributed by atoms with Crippen molar-refractivity contribution in [2.75, 3.05) is 16.5 Å². The fraction of sp³-hybridized carbons (Fsp3) is 0.0455. The Balaban J connectivity index is 1.56. The van der Waals surface area contributed by atoms with Crippen molar-refractivity contribution in [2.24, 2.45) is 0 Å². The molecule has 0 bridgehead atoms. The van der Waals surface area contributed by atoms with Crippen LogP contribution in [0.3, 0.4) is 0 Å². The minimum Gasteiger partial charge on any atom is -0.436 e. The molecule has 3 aromatic heterocycles. The summed E-state index contributed by atoms with van der Waals surface area (Å²) in [6, 6.07) is 20.3. The number of furan rings is 1. The lowest BCUT2D eigenvalue weighted by atomic mass is 10.1. The van der Waals surface area contributed by atoms with Crippen molar-refractivity contribution in [3.8, 4) is 0 Å². The van der Waals surface area contributed by atoms with Crippen molar-refractivity contribution in [1.82, 2.24) is 15.0 Å². The van der Waals surface area contributed by atoms with Crippen LogP contribution in [0.5, 0.6) is 0 Å². The lowest BCUT2D eigenvalue weighted by Crippen LogP contribution is -2.24. The average molecular weight is 365 g/mol. The molecule has 6 heteroatoms. The van der Waals surface area contributed by atoms with E-state index < -0.39 is 0 Å². The monoisotopic (exact) mass is 365 g/mol. The van der Waals surface area contributed by atoms with Gasteiger partial charge in [-0.2, -0.15) is 0 Å². The first kappa shape index (κ1) is 15.2. The number of pyridine rings is 1. The summed E-state index contributed by atoms with van der Waals surface area (Å²) in [6.07, 6.45) is 5.20. The molecule has 0 aliphatic carbocycles. The second kappa shape index (κ2) is 5.79. The van der Waals surface area contributed by atoms with E-state index in [0.717, 1.165) is 39.4 Å². The van der Waals surface area contributed by atoms with Crippen LogP contribution < -0.4 is 9.80 Å². The molecule has 0 spiro atoms. The number of anilines is 4. The summed E-state index contributed by atoms with van der Waals surface area (Å²) in [5.74, 6) is 1.65. The fourth-order valence-electron chi connectivity index (χ4n) is 3.81. The van der Waals surface area contributed by atoms with Gasteiger partial charge in [-0.15, -0.1) is 0 Å². The largest absolute Gasteiger partial charge is 0.436 e. The number of hydrogen-bond acceptors (Lipinski definition) is 6. The molecule has 28 heavy (non-hydrogen) atoms. The molecule has 0 fully saturated rings. The van der Waals surface area contributed by atoms with Gasteiger partial charge in [0.25, 0.3) is 0 Å². The first-order valence-corrected chi connectivity index (χ1v) is 9.07. The normalized spacial score (nSPS) is 13.4. The maximum absolute atomic E-state index is 6.13. The Labute approximate surface area is 160 Å². The van der Waals surface area contributed by atoms with Crippen LogP contribution in [0, 0.1) is 0 Å². The molecule has 5 aromatic rings. The molecule has 2 aromatic carbocycles. The summed E-state index contributed by atoms with van der Waals surface area (Å²) in [6.45, 7) is 0.604. The summed E-state index contributed by atoms with van der Waals surface area (Å²) in [4.78, 5) is 17.9. The highest BCUT2D eigenvalue weighted by atomic mass is 16.3. The summed E-state index contributed by atoms with van der Waals surface area (Å²) < 4.78 is 6.13. The van der Waals surface area contributed by atoms with Gasteiger partial charge in [0.05, 0.1) is 5.69 Å². The molecule has 4 heterocycles. The van der Waals surface area contributed by atoms with Crippen LogP contribution in [-0.4, -0.2) is 21.6 Å². The van der Waals surface area contributed by atoms with E-state index in [4.69, 9.17) is 4.42 Å². The van der Waals surface area contributed by atoms with Crippen molar-refractivity contribution in [1.29, 1.82) is 0 Å². The van der Waals surface area contributed by atoms with Gasteiger partial charge < -0.3 is 14.2 Å².